The SMILES string of the molecule is O=C1COSCC1=O. The van der Waals surface area contributed by atoms with Gasteiger partial charge in [0.05, 0.1) is 5.75 Å². The van der Waals surface area contributed by atoms with Crippen LogP contribution in [-0.4, -0.2) is 23.9 Å². The lowest BCUT2D eigenvalue weighted by molar-refractivity contribution is -0.136. The normalized spacial score (nSPS) is 21.5. The zero-order valence-corrected chi connectivity index (χ0v) is 4.86. The summed E-state index contributed by atoms with van der Waals surface area (Å²) in [6.45, 7) is -0.0521. The summed E-state index contributed by atoms with van der Waals surface area (Å²) in [5.74, 6) is -0.566. The molecule has 4 heteroatoms. The number of hydrogen-bond donors (Lipinski definition) is 0. The van der Waals surface area contributed by atoms with Gasteiger partial charge in [-0.15, -0.1) is 0 Å². The van der Waals surface area contributed by atoms with Gasteiger partial charge in [-0.2, -0.15) is 0 Å². The largest absolute Gasteiger partial charge is 0.307 e. The van der Waals surface area contributed by atoms with E-state index in [9.17, 15) is 9.59 Å². The standard InChI is InChI=1S/C4H4O3S/c5-3-1-7-8-2-4(3)6/h1-2H2. The minimum atomic E-state index is -0.413. The van der Waals surface area contributed by atoms with Crippen LogP contribution in [0.3, 0.4) is 0 Å². The molecule has 1 aliphatic heterocycles. The molecule has 1 aliphatic rings. The van der Waals surface area contributed by atoms with Gasteiger partial charge in [0.1, 0.15) is 6.61 Å². The van der Waals surface area contributed by atoms with Gasteiger partial charge in [0, 0.05) is 0 Å². The Bertz CT molecular complexity index is 115. The number of hydrogen-bond acceptors (Lipinski definition) is 4. The Kier molecular flexibility index (Phi) is 1.65. The van der Waals surface area contributed by atoms with Crippen LogP contribution in [-0.2, 0) is 13.8 Å². The molecule has 1 rings (SSSR count). The second kappa shape index (κ2) is 2.28. The lowest BCUT2D eigenvalue weighted by atomic mass is 10.3. The van der Waals surface area contributed by atoms with E-state index in [2.05, 4.69) is 4.18 Å². The molecule has 0 atom stereocenters. The van der Waals surface area contributed by atoms with Gasteiger partial charge in [-0.3, -0.25) is 9.59 Å². The van der Waals surface area contributed by atoms with Gasteiger partial charge in [-0.05, 0) is 12.0 Å². The minimum absolute atomic E-state index is 0.0521. The molecule has 8 heavy (non-hydrogen) atoms. The fourth-order valence-corrected chi connectivity index (χ4v) is 0.893. The highest BCUT2D eigenvalue weighted by atomic mass is 32.2. The molecule has 1 heterocycles. The van der Waals surface area contributed by atoms with Crippen LogP contribution in [0.1, 0.15) is 0 Å². The molecule has 0 bridgehead atoms. The number of rotatable bonds is 0. The fourth-order valence-electron chi connectivity index (χ4n) is 0.351. The van der Waals surface area contributed by atoms with Crippen molar-refractivity contribution in [1.82, 2.24) is 0 Å². The van der Waals surface area contributed by atoms with E-state index in [-0.39, 0.29) is 18.1 Å². The van der Waals surface area contributed by atoms with Crippen molar-refractivity contribution in [2.24, 2.45) is 0 Å². The number of Topliss-reactive ketones (excluding diaryl/α,β-unsaturated/α-hetero) is 2. The maximum absolute atomic E-state index is 10.3. The predicted octanol–water partition coefficient (Wildman–Crippen LogP) is -0.197. The predicted molar refractivity (Wildman–Crippen MR) is 28.4 cm³/mol. The van der Waals surface area contributed by atoms with E-state index in [0.29, 0.717) is 0 Å². The highest BCUT2D eigenvalue weighted by Crippen LogP contribution is 2.07. The van der Waals surface area contributed by atoms with Gasteiger partial charge in [0.15, 0.2) is 0 Å². The Balaban J connectivity index is 2.52. The Labute approximate surface area is 50.6 Å². The molecule has 44 valence electrons. The van der Waals surface area contributed by atoms with Crippen molar-refractivity contribution < 1.29 is 13.8 Å². The molecule has 0 radical (unpaired) electrons. The van der Waals surface area contributed by atoms with Crippen molar-refractivity contribution in [1.29, 1.82) is 0 Å². The molecule has 0 aromatic heterocycles. The van der Waals surface area contributed by atoms with Crippen molar-refractivity contribution in [3.05, 3.63) is 0 Å². The zero-order valence-electron chi connectivity index (χ0n) is 4.05. The first-order chi connectivity index (χ1) is 3.80. The molecule has 0 unspecified atom stereocenters. The van der Waals surface area contributed by atoms with Crippen LogP contribution < -0.4 is 0 Å². The molecule has 0 aromatic rings. The third-order valence-electron chi connectivity index (χ3n) is 0.774. The summed E-state index contributed by atoms with van der Waals surface area (Å²) in [6, 6.07) is 0. The topological polar surface area (TPSA) is 43.4 Å². The summed E-state index contributed by atoms with van der Waals surface area (Å²) in [7, 11) is 0. The van der Waals surface area contributed by atoms with E-state index in [4.69, 9.17) is 0 Å². The monoisotopic (exact) mass is 132 g/mol. The van der Waals surface area contributed by atoms with Crippen LogP contribution in [0.5, 0.6) is 0 Å². The Hall–Kier alpha value is -0.350. The first-order valence-electron chi connectivity index (χ1n) is 2.11. The summed E-state index contributed by atoms with van der Waals surface area (Å²) in [6.07, 6.45) is 0. The summed E-state index contributed by atoms with van der Waals surface area (Å²) in [5.41, 5.74) is 0. The fraction of sp³-hybridized carbons (Fsp3) is 0.500. The van der Waals surface area contributed by atoms with E-state index < -0.39 is 5.78 Å². The van der Waals surface area contributed by atoms with E-state index in [0.717, 1.165) is 12.0 Å². The Morgan fingerprint density at radius 1 is 1.38 bits per heavy atom. The third-order valence-corrected chi connectivity index (χ3v) is 1.44. The number of ketones is 2. The van der Waals surface area contributed by atoms with Gasteiger partial charge in [0.25, 0.3) is 0 Å². The molecule has 0 saturated carbocycles. The highest BCUT2D eigenvalue weighted by molar-refractivity contribution is 7.95. The van der Waals surface area contributed by atoms with E-state index in [1.807, 2.05) is 0 Å². The van der Waals surface area contributed by atoms with Crippen LogP contribution in [0.15, 0.2) is 0 Å². The van der Waals surface area contributed by atoms with Gasteiger partial charge < -0.3 is 4.18 Å². The number of carbonyl (C=O) groups excluding carboxylic acids is 2. The van der Waals surface area contributed by atoms with Crippen LogP contribution in [0, 0.1) is 0 Å². The maximum Gasteiger partial charge on any atom is 0.226 e. The molecule has 0 aromatic carbocycles. The van der Waals surface area contributed by atoms with Crippen molar-refractivity contribution in [3.8, 4) is 0 Å². The van der Waals surface area contributed by atoms with Crippen molar-refractivity contribution in [3.63, 3.8) is 0 Å². The smallest absolute Gasteiger partial charge is 0.226 e. The van der Waals surface area contributed by atoms with Crippen molar-refractivity contribution in [2.45, 2.75) is 0 Å². The molecular weight excluding hydrogens is 128 g/mol. The lowest BCUT2D eigenvalue weighted by Crippen LogP contribution is -2.24. The molecular formula is C4H4O3S. The quantitative estimate of drug-likeness (QED) is 0.338. The van der Waals surface area contributed by atoms with Crippen molar-refractivity contribution in [2.75, 3.05) is 12.4 Å². The molecule has 0 aliphatic carbocycles. The minimum Gasteiger partial charge on any atom is -0.307 e. The molecule has 1 saturated heterocycles. The first kappa shape index (κ1) is 5.78. The first-order valence-corrected chi connectivity index (χ1v) is 3.02. The van der Waals surface area contributed by atoms with Gasteiger partial charge in [-0.25, -0.2) is 0 Å². The van der Waals surface area contributed by atoms with Crippen molar-refractivity contribution >= 4 is 23.6 Å². The highest BCUT2D eigenvalue weighted by Gasteiger charge is 2.18. The third kappa shape index (κ3) is 1.08. The van der Waals surface area contributed by atoms with Gasteiger partial charge in [0.2, 0.25) is 11.6 Å². The molecule has 0 N–H and O–H groups in total. The van der Waals surface area contributed by atoms with Crippen LogP contribution in [0.4, 0.5) is 0 Å². The van der Waals surface area contributed by atoms with E-state index in [1.54, 1.807) is 0 Å². The van der Waals surface area contributed by atoms with Crippen LogP contribution in [0.2, 0.25) is 0 Å². The average molecular weight is 132 g/mol. The molecule has 0 amide bonds. The Morgan fingerprint density at radius 3 is 2.50 bits per heavy atom. The van der Waals surface area contributed by atoms with Crippen LogP contribution in [0.25, 0.3) is 0 Å². The summed E-state index contributed by atoms with van der Waals surface area (Å²) in [4.78, 5) is 20.6. The zero-order chi connectivity index (χ0) is 5.98. The van der Waals surface area contributed by atoms with Crippen LogP contribution >= 0.6 is 12.0 Å². The maximum atomic E-state index is 10.3. The second-order valence-corrected chi connectivity index (χ2v) is 2.13. The summed E-state index contributed by atoms with van der Waals surface area (Å²) in [5, 5.41) is 0. The van der Waals surface area contributed by atoms with E-state index in [1.165, 1.54) is 0 Å². The molecule has 3 nitrogen and oxygen atoms in total. The molecule has 1 fully saturated rings. The molecule has 0 spiro atoms. The van der Waals surface area contributed by atoms with Gasteiger partial charge in [-0.1, -0.05) is 0 Å². The summed E-state index contributed by atoms with van der Waals surface area (Å²) >= 11 is 1.04. The second-order valence-electron chi connectivity index (χ2n) is 1.37. The van der Waals surface area contributed by atoms with Gasteiger partial charge >= 0.3 is 0 Å². The van der Waals surface area contributed by atoms with E-state index >= 15 is 0 Å². The Morgan fingerprint density at radius 2 is 2.12 bits per heavy atom. The average Bonchev–Trinajstić information content (AvgIpc) is 1.77. The lowest BCUT2D eigenvalue weighted by Gasteiger charge is -2.04. The summed E-state index contributed by atoms with van der Waals surface area (Å²) < 4.78 is 4.60. The number of carbonyl (C=O) groups is 2.